The molecule has 0 saturated carbocycles. The molecule has 0 N–H and O–H groups in total. The lowest BCUT2D eigenvalue weighted by Crippen LogP contribution is -2.49. The minimum Gasteiger partial charge on any atom is -0.377 e. The average Bonchev–Trinajstić information content (AvgIpc) is 3.24. The molecule has 4 nitrogen and oxygen atoms in total. The van der Waals surface area contributed by atoms with Crippen LogP contribution in [0.15, 0.2) is 24.3 Å². The minimum absolute atomic E-state index is 0.0698. The van der Waals surface area contributed by atoms with Crippen LogP contribution < -0.4 is 0 Å². The Morgan fingerprint density at radius 1 is 1.00 bits per heavy atom. The number of ether oxygens (including phenoxy) is 1. The van der Waals surface area contributed by atoms with Gasteiger partial charge in [-0.1, -0.05) is 18.2 Å². The van der Waals surface area contributed by atoms with Crippen molar-refractivity contribution in [1.29, 1.82) is 0 Å². The Balaban J connectivity index is 1.29. The highest BCUT2D eigenvalue weighted by atomic mass is 19.1. The lowest BCUT2D eigenvalue weighted by molar-refractivity contribution is 0.0261. The first kappa shape index (κ1) is 21.2. The summed E-state index contributed by atoms with van der Waals surface area (Å²) in [4.78, 5) is 7.66. The Hall–Kier alpha value is -1.01. The fourth-order valence-corrected chi connectivity index (χ4v) is 5.31. The molecular formula is C24H38FN3O. The van der Waals surface area contributed by atoms with Gasteiger partial charge in [0.1, 0.15) is 5.82 Å². The van der Waals surface area contributed by atoms with Crippen molar-refractivity contribution in [3.63, 3.8) is 0 Å². The topological polar surface area (TPSA) is 19.0 Å². The van der Waals surface area contributed by atoms with Crippen LogP contribution in [0.25, 0.3) is 0 Å². The van der Waals surface area contributed by atoms with Gasteiger partial charge >= 0.3 is 0 Å². The van der Waals surface area contributed by atoms with Gasteiger partial charge in [-0.3, -0.25) is 9.80 Å². The van der Waals surface area contributed by atoms with E-state index in [9.17, 15) is 4.39 Å². The smallest absolute Gasteiger partial charge is 0.127 e. The minimum atomic E-state index is -0.0698. The van der Waals surface area contributed by atoms with E-state index in [0.29, 0.717) is 12.1 Å². The number of halogens is 1. The number of piperidine rings is 2. The van der Waals surface area contributed by atoms with Crippen LogP contribution in [0, 0.1) is 11.7 Å². The molecule has 3 saturated heterocycles. The summed E-state index contributed by atoms with van der Waals surface area (Å²) in [6.45, 7) is 8.61. The average molecular weight is 404 g/mol. The van der Waals surface area contributed by atoms with E-state index in [2.05, 4.69) is 21.7 Å². The van der Waals surface area contributed by atoms with Crippen molar-refractivity contribution in [2.45, 2.75) is 57.2 Å². The monoisotopic (exact) mass is 403 g/mol. The Morgan fingerprint density at radius 2 is 1.76 bits per heavy atom. The van der Waals surface area contributed by atoms with Gasteiger partial charge in [-0.15, -0.1) is 0 Å². The molecule has 1 atom stereocenters. The van der Waals surface area contributed by atoms with Gasteiger partial charge in [0.15, 0.2) is 0 Å². The fraction of sp³-hybridized carbons (Fsp3) is 0.750. The standard InChI is InChI=1S/C24H38FN3O/c1-26-12-10-22(11-13-26)28(19-23-6-4-16-29-23)17-20-8-14-27(15-9-20)18-21-5-2-3-7-24(21)25/h2-3,5,7,20,22-23H,4,6,8-19H2,1H3/t23-/m0/s1. The van der Waals surface area contributed by atoms with E-state index < -0.39 is 0 Å². The SMILES string of the molecule is CN1CCC(N(CC2CCN(Cc3ccccc3F)CC2)C[C@@H]2CCCO2)CC1. The largest absolute Gasteiger partial charge is 0.377 e. The summed E-state index contributed by atoms with van der Waals surface area (Å²) < 4.78 is 20.0. The van der Waals surface area contributed by atoms with Crippen molar-refractivity contribution < 1.29 is 9.13 Å². The molecule has 0 unspecified atom stereocenters. The van der Waals surface area contributed by atoms with Crippen LogP contribution in [0.2, 0.25) is 0 Å². The van der Waals surface area contributed by atoms with E-state index in [0.717, 1.165) is 44.3 Å². The zero-order valence-corrected chi connectivity index (χ0v) is 18.1. The Morgan fingerprint density at radius 3 is 2.45 bits per heavy atom. The fourth-order valence-electron chi connectivity index (χ4n) is 5.31. The van der Waals surface area contributed by atoms with Gasteiger partial charge in [-0.25, -0.2) is 4.39 Å². The molecule has 1 aromatic rings. The van der Waals surface area contributed by atoms with Crippen LogP contribution in [0.1, 0.15) is 44.1 Å². The molecule has 29 heavy (non-hydrogen) atoms. The highest BCUT2D eigenvalue weighted by Crippen LogP contribution is 2.25. The first-order valence-electron chi connectivity index (χ1n) is 11.7. The van der Waals surface area contributed by atoms with Crippen LogP contribution in [-0.2, 0) is 11.3 Å². The third-order valence-corrected chi connectivity index (χ3v) is 7.22. The summed E-state index contributed by atoms with van der Waals surface area (Å²) in [6, 6.07) is 7.93. The van der Waals surface area contributed by atoms with Crippen LogP contribution in [0.3, 0.4) is 0 Å². The Kier molecular flexibility index (Phi) is 7.57. The van der Waals surface area contributed by atoms with Crippen molar-refractivity contribution in [2.24, 2.45) is 5.92 Å². The maximum Gasteiger partial charge on any atom is 0.127 e. The molecule has 0 aliphatic carbocycles. The summed E-state index contributed by atoms with van der Waals surface area (Å²) in [7, 11) is 2.24. The third kappa shape index (κ3) is 6.00. The van der Waals surface area contributed by atoms with Gasteiger partial charge in [0.2, 0.25) is 0 Å². The second-order valence-corrected chi connectivity index (χ2v) is 9.43. The van der Waals surface area contributed by atoms with Crippen molar-refractivity contribution >= 4 is 0 Å². The summed E-state index contributed by atoms with van der Waals surface area (Å²) in [5.74, 6) is 0.688. The number of hydrogen-bond donors (Lipinski definition) is 0. The zero-order chi connectivity index (χ0) is 20.1. The van der Waals surface area contributed by atoms with Gasteiger partial charge in [-0.2, -0.15) is 0 Å². The molecule has 1 aromatic carbocycles. The van der Waals surface area contributed by atoms with Crippen LogP contribution >= 0.6 is 0 Å². The summed E-state index contributed by atoms with van der Waals surface area (Å²) >= 11 is 0. The molecule has 4 rings (SSSR count). The van der Waals surface area contributed by atoms with Gasteiger partial charge in [0.25, 0.3) is 0 Å². The van der Waals surface area contributed by atoms with Gasteiger partial charge in [0, 0.05) is 37.8 Å². The molecular weight excluding hydrogens is 365 g/mol. The van der Waals surface area contributed by atoms with Gasteiger partial charge in [0.05, 0.1) is 6.10 Å². The van der Waals surface area contributed by atoms with E-state index in [4.69, 9.17) is 4.74 Å². The highest BCUT2D eigenvalue weighted by Gasteiger charge is 2.30. The van der Waals surface area contributed by atoms with Crippen LogP contribution in [-0.4, -0.2) is 79.8 Å². The molecule has 0 amide bonds. The maximum atomic E-state index is 14.0. The predicted octanol–water partition coefficient (Wildman–Crippen LogP) is 3.61. The molecule has 3 heterocycles. The Bertz CT molecular complexity index is 620. The predicted molar refractivity (Wildman–Crippen MR) is 115 cm³/mol. The van der Waals surface area contributed by atoms with Crippen molar-refractivity contribution in [1.82, 2.24) is 14.7 Å². The second kappa shape index (κ2) is 10.3. The van der Waals surface area contributed by atoms with Crippen molar-refractivity contribution in [3.05, 3.63) is 35.6 Å². The van der Waals surface area contributed by atoms with E-state index in [1.807, 2.05) is 12.1 Å². The normalized spacial score (nSPS) is 25.8. The molecule has 0 radical (unpaired) electrons. The lowest BCUT2D eigenvalue weighted by Gasteiger charge is -2.41. The third-order valence-electron chi connectivity index (χ3n) is 7.22. The van der Waals surface area contributed by atoms with E-state index in [1.54, 1.807) is 12.1 Å². The molecule has 0 spiro atoms. The van der Waals surface area contributed by atoms with E-state index >= 15 is 0 Å². The zero-order valence-electron chi connectivity index (χ0n) is 18.1. The van der Waals surface area contributed by atoms with Gasteiger partial charge in [-0.05, 0) is 83.7 Å². The number of likely N-dealkylation sites (tertiary alicyclic amines) is 2. The highest BCUT2D eigenvalue weighted by molar-refractivity contribution is 5.17. The Labute approximate surface area is 176 Å². The maximum absolute atomic E-state index is 14.0. The van der Waals surface area contributed by atoms with E-state index in [1.165, 1.54) is 58.2 Å². The van der Waals surface area contributed by atoms with Crippen molar-refractivity contribution in [2.75, 3.05) is 52.9 Å². The van der Waals surface area contributed by atoms with Crippen molar-refractivity contribution in [3.8, 4) is 0 Å². The van der Waals surface area contributed by atoms with Crippen LogP contribution in [0.5, 0.6) is 0 Å². The number of hydrogen-bond acceptors (Lipinski definition) is 4. The summed E-state index contributed by atoms with van der Waals surface area (Å²) in [5.41, 5.74) is 0.831. The summed E-state index contributed by atoms with van der Waals surface area (Å²) in [5, 5.41) is 0. The molecule has 0 bridgehead atoms. The first-order chi connectivity index (χ1) is 14.2. The lowest BCUT2D eigenvalue weighted by atomic mass is 9.93. The molecule has 3 aliphatic rings. The van der Waals surface area contributed by atoms with E-state index in [-0.39, 0.29) is 5.82 Å². The second-order valence-electron chi connectivity index (χ2n) is 9.43. The molecule has 162 valence electrons. The summed E-state index contributed by atoms with van der Waals surface area (Å²) in [6.07, 6.45) is 7.91. The quantitative estimate of drug-likeness (QED) is 0.692. The molecule has 3 fully saturated rings. The molecule has 5 heteroatoms. The van der Waals surface area contributed by atoms with Crippen LogP contribution in [0.4, 0.5) is 4.39 Å². The van der Waals surface area contributed by atoms with Gasteiger partial charge < -0.3 is 9.64 Å². The number of rotatable bonds is 7. The molecule has 0 aromatic heterocycles. The first-order valence-corrected chi connectivity index (χ1v) is 11.7. The number of nitrogens with zero attached hydrogens (tertiary/aromatic N) is 3. The number of benzene rings is 1. The molecule has 3 aliphatic heterocycles.